The third-order valence-electron chi connectivity index (χ3n) is 5.05. The van der Waals surface area contributed by atoms with Crippen LogP contribution in [0.15, 0.2) is 54.6 Å². The van der Waals surface area contributed by atoms with Crippen LogP contribution >= 0.6 is 0 Å². The first-order valence-electron chi connectivity index (χ1n) is 10.0. The van der Waals surface area contributed by atoms with Gasteiger partial charge in [-0.15, -0.1) is 0 Å². The minimum atomic E-state index is -0.0420. The zero-order valence-corrected chi connectivity index (χ0v) is 16.4. The van der Waals surface area contributed by atoms with Gasteiger partial charge in [0.1, 0.15) is 12.4 Å². The summed E-state index contributed by atoms with van der Waals surface area (Å²) in [5, 5.41) is 2.98. The van der Waals surface area contributed by atoms with Crippen LogP contribution in [-0.2, 0) is 16.2 Å². The van der Waals surface area contributed by atoms with Crippen LogP contribution in [0.5, 0.6) is 5.75 Å². The highest BCUT2D eigenvalue weighted by atomic mass is 16.5. The smallest absolute Gasteiger partial charge is 0.227 e. The fraction of sp³-hybridized carbons (Fsp3) is 0.391. The second kappa shape index (κ2) is 9.93. The van der Waals surface area contributed by atoms with Gasteiger partial charge in [-0.05, 0) is 49.1 Å². The van der Waals surface area contributed by atoms with E-state index in [1.807, 2.05) is 66.4 Å². The number of carbonyl (C=O) groups excluding carboxylic acids is 2. The van der Waals surface area contributed by atoms with Crippen LogP contribution in [0.4, 0.5) is 5.69 Å². The molecule has 2 amide bonds. The lowest BCUT2D eigenvalue weighted by molar-refractivity contribution is -0.134. The third-order valence-corrected chi connectivity index (χ3v) is 5.05. The Morgan fingerprint density at radius 1 is 1.04 bits per heavy atom. The molecule has 148 valence electrons. The minimum Gasteiger partial charge on any atom is -0.489 e. The van der Waals surface area contributed by atoms with Crippen molar-refractivity contribution >= 4 is 17.5 Å². The molecular formula is C23H28N2O3. The van der Waals surface area contributed by atoms with E-state index in [0.29, 0.717) is 26.1 Å². The van der Waals surface area contributed by atoms with Crippen LogP contribution in [0.1, 0.15) is 38.2 Å². The van der Waals surface area contributed by atoms with Crippen molar-refractivity contribution in [3.8, 4) is 5.75 Å². The molecule has 2 aromatic rings. The van der Waals surface area contributed by atoms with Crippen LogP contribution in [0.3, 0.4) is 0 Å². The predicted octanol–water partition coefficient (Wildman–Crippen LogP) is 4.24. The Hall–Kier alpha value is -2.82. The van der Waals surface area contributed by atoms with E-state index < -0.39 is 0 Å². The maximum atomic E-state index is 12.5. The molecule has 1 saturated heterocycles. The zero-order valence-electron chi connectivity index (χ0n) is 16.4. The molecule has 2 aromatic carbocycles. The van der Waals surface area contributed by atoms with Gasteiger partial charge >= 0.3 is 0 Å². The lowest BCUT2D eigenvalue weighted by atomic mass is 9.95. The first kappa shape index (κ1) is 19.9. The summed E-state index contributed by atoms with van der Waals surface area (Å²) in [4.78, 5) is 26.4. The van der Waals surface area contributed by atoms with Gasteiger partial charge in [-0.1, -0.05) is 37.3 Å². The molecule has 0 aliphatic carbocycles. The van der Waals surface area contributed by atoms with E-state index in [0.717, 1.165) is 36.3 Å². The Kier molecular flexibility index (Phi) is 7.06. The number of benzene rings is 2. The number of piperidine rings is 1. The Morgan fingerprint density at radius 2 is 1.71 bits per heavy atom. The molecule has 28 heavy (non-hydrogen) atoms. The number of nitrogens with zero attached hydrogens (tertiary/aromatic N) is 1. The van der Waals surface area contributed by atoms with E-state index in [4.69, 9.17) is 4.74 Å². The van der Waals surface area contributed by atoms with Crippen molar-refractivity contribution < 1.29 is 14.3 Å². The maximum absolute atomic E-state index is 12.5. The molecule has 0 bridgehead atoms. The van der Waals surface area contributed by atoms with Gasteiger partial charge in [0.25, 0.3) is 0 Å². The Labute approximate surface area is 166 Å². The summed E-state index contributed by atoms with van der Waals surface area (Å²) in [6, 6.07) is 17.5. The Morgan fingerprint density at radius 3 is 2.36 bits per heavy atom. The lowest BCUT2D eigenvalue weighted by Gasteiger charge is -2.31. The molecule has 0 radical (unpaired) electrons. The highest BCUT2D eigenvalue weighted by molar-refractivity contribution is 5.92. The number of amides is 2. The highest BCUT2D eigenvalue weighted by Crippen LogP contribution is 2.22. The summed E-state index contributed by atoms with van der Waals surface area (Å²) < 4.78 is 5.77. The first-order valence-corrected chi connectivity index (χ1v) is 10.0. The monoisotopic (exact) mass is 380 g/mol. The fourth-order valence-electron chi connectivity index (χ4n) is 3.38. The normalized spacial score (nSPS) is 14.5. The predicted molar refractivity (Wildman–Crippen MR) is 110 cm³/mol. The Bertz CT molecular complexity index is 766. The SMILES string of the molecule is CCCC(=O)N1CCC(C(=O)Nc2ccc(OCc3ccccc3)cc2)CC1. The van der Waals surface area contributed by atoms with Gasteiger partial charge in [0.05, 0.1) is 0 Å². The molecule has 0 unspecified atom stereocenters. The number of rotatable bonds is 7. The number of hydrogen-bond donors (Lipinski definition) is 1. The zero-order chi connectivity index (χ0) is 19.8. The topological polar surface area (TPSA) is 58.6 Å². The van der Waals surface area contributed by atoms with Gasteiger partial charge in [-0.2, -0.15) is 0 Å². The summed E-state index contributed by atoms with van der Waals surface area (Å²) in [5.74, 6) is 0.956. The van der Waals surface area contributed by atoms with Crippen molar-refractivity contribution in [3.05, 3.63) is 60.2 Å². The van der Waals surface area contributed by atoms with Crippen molar-refractivity contribution in [2.45, 2.75) is 39.2 Å². The van der Waals surface area contributed by atoms with Gasteiger partial charge in [-0.3, -0.25) is 9.59 Å². The van der Waals surface area contributed by atoms with E-state index >= 15 is 0 Å². The Balaban J connectivity index is 1.45. The summed E-state index contributed by atoms with van der Waals surface area (Å²) in [7, 11) is 0. The largest absolute Gasteiger partial charge is 0.489 e. The number of ether oxygens (including phenoxy) is 1. The van der Waals surface area contributed by atoms with Crippen LogP contribution in [0, 0.1) is 5.92 Å². The molecule has 1 N–H and O–H groups in total. The summed E-state index contributed by atoms with van der Waals surface area (Å²) in [6.45, 7) is 3.87. The third kappa shape index (κ3) is 5.59. The van der Waals surface area contributed by atoms with E-state index in [9.17, 15) is 9.59 Å². The second-order valence-corrected chi connectivity index (χ2v) is 7.19. The van der Waals surface area contributed by atoms with E-state index in [-0.39, 0.29) is 17.7 Å². The molecule has 0 aromatic heterocycles. The second-order valence-electron chi connectivity index (χ2n) is 7.19. The number of anilines is 1. The molecule has 5 nitrogen and oxygen atoms in total. The van der Waals surface area contributed by atoms with Gasteiger partial charge in [-0.25, -0.2) is 0 Å². The minimum absolute atomic E-state index is 0.0283. The first-order chi connectivity index (χ1) is 13.7. The van der Waals surface area contributed by atoms with Crippen molar-refractivity contribution in [2.75, 3.05) is 18.4 Å². The highest BCUT2D eigenvalue weighted by Gasteiger charge is 2.26. The van der Waals surface area contributed by atoms with Crippen molar-refractivity contribution in [1.29, 1.82) is 0 Å². The van der Waals surface area contributed by atoms with E-state index in [2.05, 4.69) is 5.32 Å². The number of nitrogens with one attached hydrogen (secondary N) is 1. The molecule has 1 aliphatic heterocycles. The van der Waals surface area contributed by atoms with Gasteiger partial charge < -0.3 is 15.0 Å². The summed E-state index contributed by atoms with van der Waals surface area (Å²) in [5.41, 5.74) is 1.88. The molecule has 0 spiro atoms. The summed E-state index contributed by atoms with van der Waals surface area (Å²) in [6.07, 6.45) is 2.90. The molecule has 1 fully saturated rings. The quantitative estimate of drug-likeness (QED) is 0.781. The van der Waals surface area contributed by atoms with Crippen LogP contribution in [-0.4, -0.2) is 29.8 Å². The number of carbonyl (C=O) groups is 2. The van der Waals surface area contributed by atoms with Crippen LogP contribution < -0.4 is 10.1 Å². The van der Waals surface area contributed by atoms with Crippen LogP contribution in [0.25, 0.3) is 0 Å². The average Bonchev–Trinajstić information content (AvgIpc) is 2.74. The number of likely N-dealkylation sites (tertiary alicyclic amines) is 1. The maximum Gasteiger partial charge on any atom is 0.227 e. The number of hydrogen-bond acceptors (Lipinski definition) is 3. The van der Waals surface area contributed by atoms with Crippen molar-refractivity contribution in [1.82, 2.24) is 4.90 Å². The fourth-order valence-corrected chi connectivity index (χ4v) is 3.38. The van der Waals surface area contributed by atoms with Gasteiger partial charge in [0, 0.05) is 31.1 Å². The van der Waals surface area contributed by atoms with Crippen molar-refractivity contribution in [2.24, 2.45) is 5.92 Å². The summed E-state index contributed by atoms with van der Waals surface area (Å²) >= 11 is 0. The molecule has 1 heterocycles. The van der Waals surface area contributed by atoms with Crippen molar-refractivity contribution in [3.63, 3.8) is 0 Å². The van der Waals surface area contributed by atoms with E-state index in [1.54, 1.807) is 0 Å². The molecular weight excluding hydrogens is 352 g/mol. The lowest BCUT2D eigenvalue weighted by Crippen LogP contribution is -2.41. The van der Waals surface area contributed by atoms with Gasteiger partial charge in [0.2, 0.25) is 11.8 Å². The van der Waals surface area contributed by atoms with Crippen LogP contribution in [0.2, 0.25) is 0 Å². The molecule has 3 rings (SSSR count). The average molecular weight is 380 g/mol. The van der Waals surface area contributed by atoms with E-state index in [1.165, 1.54) is 0 Å². The molecule has 0 saturated carbocycles. The standard InChI is InChI=1S/C23H28N2O3/c1-2-6-22(26)25-15-13-19(14-16-25)23(27)24-20-9-11-21(12-10-20)28-17-18-7-4-3-5-8-18/h3-5,7-12,19H,2,6,13-17H2,1H3,(H,24,27). The molecule has 1 aliphatic rings. The molecule has 5 heteroatoms. The van der Waals surface area contributed by atoms with Gasteiger partial charge in [0.15, 0.2) is 0 Å². The molecule has 0 atom stereocenters.